The van der Waals surface area contributed by atoms with Crippen molar-refractivity contribution in [1.82, 2.24) is 15.0 Å². The Labute approximate surface area is 127 Å². The molecule has 0 atom stereocenters. The van der Waals surface area contributed by atoms with Crippen LogP contribution < -0.4 is 0 Å². The van der Waals surface area contributed by atoms with Gasteiger partial charge in [-0.1, -0.05) is 53.7 Å². The van der Waals surface area contributed by atoms with E-state index in [1.165, 1.54) is 6.07 Å². The molecular weight excluding hydrogens is 281 g/mol. The minimum Gasteiger partial charge on any atom is -0.390 e. The second-order valence-electron chi connectivity index (χ2n) is 5.05. The largest absolute Gasteiger partial charge is 0.390 e. The van der Waals surface area contributed by atoms with E-state index in [1.54, 1.807) is 22.9 Å². The van der Waals surface area contributed by atoms with Crippen LogP contribution in [0.5, 0.6) is 0 Å². The summed E-state index contributed by atoms with van der Waals surface area (Å²) in [7, 11) is 0. The molecule has 0 bridgehead atoms. The number of nitrogens with zero attached hydrogens (tertiary/aromatic N) is 3. The molecule has 0 spiro atoms. The predicted molar refractivity (Wildman–Crippen MR) is 80.7 cm³/mol. The predicted octanol–water partition coefficient (Wildman–Crippen LogP) is 2.55. The number of aromatic nitrogens is 3. The fourth-order valence-electron chi connectivity index (χ4n) is 2.39. The van der Waals surface area contributed by atoms with Crippen LogP contribution in [0.2, 0.25) is 0 Å². The number of rotatable bonds is 5. The third-order valence-corrected chi connectivity index (χ3v) is 3.56. The van der Waals surface area contributed by atoms with Gasteiger partial charge < -0.3 is 5.11 Å². The minimum absolute atomic E-state index is 0.181. The van der Waals surface area contributed by atoms with Crippen LogP contribution in [-0.2, 0) is 19.6 Å². The fraction of sp³-hybridized carbons (Fsp3) is 0.176. The van der Waals surface area contributed by atoms with E-state index in [-0.39, 0.29) is 12.4 Å². The quantitative estimate of drug-likeness (QED) is 0.787. The summed E-state index contributed by atoms with van der Waals surface area (Å²) < 4.78 is 15.5. The second-order valence-corrected chi connectivity index (χ2v) is 5.05. The van der Waals surface area contributed by atoms with Crippen molar-refractivity contribution in [3.05, 3.63) is 82.9 Å². The molecule has 1 aromatic heterocycles. The highest BCUT2D eigenvalue weighted by atomic mass is 19.1. The molecule has 1 N–H and O–H groups in total. The number of halogens is 1. The molecule has 0 radical (unpaired) electrons. The van der Waals surface area contributed by atoms with Gasteiger partial charge >= 0.3 is 0 Å². The molecule has 0 saturated carbocycles. The second kappa shape index (κ2) is 6.49. The number of benzene rings is 2. The Morgan fingerprint density at radius 2 is 1.73 bits per heavy atom. The van der Waals surface area contributed by atoms with Gasteiger partial charge in [-0.25, -0.2) is 9.07 Å². The van der Waals surface area contributed by atoms with Crippen LogP contribution in [0.3, 0.4) is 0 Å². The third kappa shape index (κ3) is 3.04. The Balaban J connectivity index is 1.92. The first-order chi connectivity index (χ1) is 10.8. The molecule has 0 amide bonds. The van der Waals surface area contributed by atoms with E-state index >= 15 is 0 Å². The summed E-state index contributed by atoms with van der Waals surface area (Å²) in [5, 5.41) is 17.5. The lowest BCUT2D eigenvalue weighted by molar-refractivity contribution is 0.275. The maximum absolute atomic E-state index is 13.8. The molecule has 5 heteroatoms. The highest BCUT2D eigenvalue weighted by Crippen LogP contribution is 2.15. The first-order valence-corrected chi connectivity index (χ1v) is 7.07. The average Bonchev–Trinajstić information content (AvgIpc) is 2.92. The Morgan fingerprint density at radius 3 is 2.45 bits per heavy atom. The molecule has 0 saturated heterocycles. The fourth-order valence-corrected chi connectivity index (χ4v) is 2.39. The van der Waals surface area contributed by atoms with Crippen molar-refractivity contribution in [3.8, 4) is 0 Å². The lowest BCUT2D eigenvalue weighted by Crippen LogP contribution is -2.09. The molecule has 1 heterocycles. The summed E-state index contributed by atoms with van der Waals surface area (Å²) in [5.41, 5.74) is 2.97. The zero-order chi connectivity index (χ0) is 15.4. The number of aliphatic hydroxyl groups excluding tert-OH is 1. The van der Waals surface area contributed by atoms with Crippen LogP contribution in [0.4, 0.5) is 4.39 Å². The van der Waals surface area contributed by atoms with Gasteiger partial charge in [0.2, 0.25) is 0 Å². The van der Waals surface area contributed by atoms with Crippen molar-refractivity contribution in [2.75, 3.05) is 0 Å². The molecule has 22 heavy (non-hydrogen) atoms. The van der Waals surface area contributed by atoms with Crippen LogP contribution in [-0.4, -0.2) is 20.1 Å². The van der Waals surface area contributed by atoms with E-state index in [1.807, 2.05) is 30.3 Å². The van der Waals surface area contributed by atoms with Crippen LogP contribution in [0.25, 0.3) is 0 Å². The monoisotopic (exact) mass is 297 g/mol. The van der Waals surface area contributed by atoms with E-state index in [4.69, 9.17) is 0 Å². The smallest absolute Gasteiger partial charge is 0.128 e. The van der Waals surface area contributed by atoms with Gasteiger partial charge in [0.1, 0.15) is 11.5 Å². The van der Waals surface area contributed by atoms with E-state index < -0.39 is 0 Å². The summed E-state index contributed by atoms with van der Waals surface area (Å²) in [5.74, 6) is -0.269. The Morgan fingerprint density at radius 1 is 1.00 bits per heavy atom. The number of hydrogen-bond donors (Lipinski definition) is 1. The first-order valence-electron chi connectivity index (χ1n) is 7.07. The van der Waals surface area contributed by atoms with Crippen LogP contribution in [0.15, 0.2) is 54.6 Å². The molecule has 0 aliphatic carbocycles. The third-order valence-electron chi connectivity index (χ3n) is 3.56. The highest BCUT2D eigenvalue weighted by Gasteiger charge is 2.14. The SMILES string of the molecule is OCc1nnn(Cc2ccccc2F)c1Cc1ccccc1. The highest BCUT2D eigenvalue weighted by molar-refractivity contribution is 5.25. The topological polar surface area (TPSA) is 50.9 Å². The lowest BCUT2D eigenvalue weighted by atomic mass is 10.1. The minimum atomic E-state index is -0.269. The van der Waals surface area contributed by atoms with Crippen molar-refractivity contribution >= 4 is 0 Å². The molecule has 0 aliphatic heterocycles. The van der Waals surface area contributed by atoms with Crippen molar-refractivity contribution < 1.29 is 9.50 Å². The summed E-state index contributed by atoms with van der Waals surface area (Å²) in [6.45, 7) is 0.112. The molecule has 0 aliphatic rings. The van der Waals surface area contributed by atoms with Gasteiger partial charge in [-0.15, -0.1) is 5.10 Å². The average molecular weight is 297 g/mol. The summed E-state index contributed by atoms with van der Waals surface area (Å²) in [4.78, 5) is 0. The summed E-state index contributed by atoms with van der Waals surface area (Å²) in [6, 6.07) is 16.5. The van der Waals surface area contributed by atoms with Gasteiger partial charge in [-0.05, 0) is 11.6 Å². The van der Waals surface area contributed by atoms with Crippen molar-refractivity contribution in [2.45, 2.75) is 19.6 Å². The van der Waals surface area contributed by atoms with Crippen LogP contribution in [0, 0.1) is 5.82 Å². The lowest BCUT2D eigenvalue weighted by Gasteiger charge is -2.08. The molecule has 3 aromatic rings. The van der Waals surface area contributed by atoms with E-state index in [0.29, 0.717) is 24.2 Å². The summed E-state index contributed by atoms with van der Waals surface area (Å²) in [6.07, 6.45) is 0.595. The molecule has 112 valence electrons. The standard InChI is InChI=1S/C17H16FN3O/c18-15-9-5-4-8-14(15)11-21-17(16(12-22)19-20-21)10-13-6-2-1-3-7-13/h1-9,22H,10-12H2. The van der Waals surface area contributed by atoms with Gasteiger partial charge in [-0.3, -0.25) is 0 Å². The molecule has 0 fully saturated rings. The van der Waals surface area contributed by atoms with Crippen LogP contribution >= 0.6 is 0 Å². The van der Waals surface area contributed by atoms with Crippen molar-refractivity contribution in [3.63, 3.8) is 0 Å². The molecule has 0 unspecified atom stereocenters. The van der Waals surface area contributed by atoms with Crippen LogP contribution in [0.1, 0.15) is 22.5 Å². The van der Waals surface area contributed by atoms with E-state index in [0.717, 1.165) is 11.3 Å². The normalized spacial score (nSPS) is 10.8. The van der Waals surface area contributed by atoms with Gasteiger partial charge in [0.15, 0.2) is 0 Å². The Hall–Kier alpha value is -2.53. The van der Waals surface area contributed by atoms with Crippen molar-refractivity contribution in [2.24, 2.45) is 0 Å². The molecule has 2 aromatic carbocycles. The molecular formula is C17H16FN3O. The Kier molecular flexibility index (Phi) is 4.25. The number of aliphatic hydroxyl groups is 1. The zero-order valence-electron chi connectivity index (χ0n) is 12.0. The maximum atomic E-state index is 13.8. The summed E-state index contributed by atoms with van der Waals surface area (Å²) >= 11 is 0. The zero-order valence-corrected chi connectivity index (χ0v) is 12.0. The maximum Gasteiger partial charge on any atom is 0.128 e. The van der Waals surface area contributed by atoms with Gasteiger partial charge in [-0.2, -0.15) is 0 Å². The van der Waals surface area contributed by atoms with E-state index in [2.05, 4.69) is 10.3 Å². The van der Waals surface area contributed by atoms with E-state index in [9.17, 15) is 9.50 Å². The number of hydrogen-bond acceptors (Lipinski definition) is 3. The van der Waals surface area contributed by atoms with Gasteiger partial charge in [0.05, 0.1) is 18.8 Å². The first kappa shape index (κ1) is 14.4. The van der Waals surface area contributed by atoms with Crippen molar-refractivity contribution in [1.29, 1.82) is 0 Å². The molecule has 3 rings (SSSR count). The molecule has 4 nitrogen and oxygen atoms in total. The van der Waals surface area contributed by atoms with Gasteiger partial charge in [0.25, 0.3) is 0 Å². The van der Waals surface area contributed by atoms with Gasteiger partial charge in [0, 0.05) is 12.0 Å². The Bertz CT molecular complexity index is 756.